The fourth-order valence-electron chi connectivity index (χ4n) is 7.45. The maximum absolute atomic E-state index is 12.8. The highest BCUT2D eigenvalue weighted by atomic mass is 31.2. The summed E-state index contributed by atoms with van der Waals surface area (Å²) < 4.78 is 34.1. The van der Waals surface area contributed by atoms with Crippen LogP contribution in [-0.4, -0.2) is 70.0 Å². The number of likely N-dealkylation sites (N-methyl/N-ethyl adjacent to an activating group) is 1. The van der Waals surface area contributed by atoms with Gasteiger partial charge in [0, 0.05) is 12.8 Å². The minimum Gasteiger partial charge on any atom is -0.756 e. The van der Waals surface area contributed by atoms with Crippen molar-refractivity contribution < 1.29 is 42.1 Å². The maximum atomic E-state index is 12.8. The number of hydrogen-bond acceptors (Lipinski definition) is 8. The molecule has 0 saturated heterocycles. The van der Waals surface area contributed by atoms with Crippen molar-refractivity contribution in [1.29, 1.82) is 0 Å². The molecule has 0 bridgehead atoms. The number of carbonyl (C=O) groups is 2. The van der Waals surface area contributed by atoms with E-state index in [2.05, 4.69) is 50.3 Å². The highest BCUT2D eigenvalue weighted by Crippen LogP contribution is 2.38. The van der Waals surface area contributed by atoms with Crippen molar-refractivity contribution in [1.82, 2.24) is 0 Å². The van der Waals surface area contributed by atoms with Gasteiger partial charge in [0.1, 0.15) is 19.8 Å². The molecule has 0 aliphatic heterocycles. The zero-order valence-electron chi connectivity index (χ0n) is 42.5. The molecular formula is C54H102NO8P. The minimum absolute atomic E-state index is 0.0310. The molecule has 0 heterocycles. The van der Waals surface area contributed by atoms with Crippen molar-refractivity contribution in [2.45, 2.75) is 251 Å². The van der Waals surface area contributed by atoms with E-state index in [1.807, 2.05) is 21.1 Å². The molecule has 0 amide bonds. The number of hydrogen-bond donors (Lipinski definition) is 0. The number of phosphoric ester groups is 1. The van der Waals surface area contributed by atoms with Gasteiger partial charge in [-0.3, -0.25) is 14.2 Å². The van der Waals surface area contributed by atoms with Gasteiger partial charge in [0.2, 0.25) is 0 Å². The van der Waals surface area contributed by atoms with Crippen molar-refractivity contribution in [3.8, 4) is 0 Å². The van der Waals surface area contributed by atoms with Crippen LogP contribution in [0.15, 0.2) is 36.5 Å². The van der Waals surface area contributed by atoms with E-state index in [9.17, 15) is 19.0 Å². The van der Waals surface area contributed by atoms with E-state index in [-0.39, 0.29) is 32.0 Å². The fraction of sp³-hybridized carbons (Fsp3) is 0.852. The van der Waals surface area contributed by atoms with Crippen LogP contribution in [0, 0.1) is 0 Å². The quantitative estimate of drug-likeness (QED) is 0.0195. The second-order valence-electron chi connectivity index (χ2n) is 19.2. The number of rotatable bonds is 49. The molecule has 1 unspecified atom stereocenters. The van der Waals surface area contributed by atoms with Crippen molar-refractivity contribution in [3.63, 3.8) is 0 Å². The third-order valence-electron chi connectivity index (χ3n) is 11.6. The maximum Gasteiger partial charge on any atom is 0.306 e. The van der Waals surface area contributed by atoms with Gasteiger partial charge in [-0.2, -0.15) is 0 Å². The first-order valence-electron chi connectivity index (χ1n) is 26.7. The molecule has 0 rings (SSSR count). The summed E-state index contributed by atoms with van der Waals surface area (Å²) in [6.45, 7) is 4.23. The molecule has 10 heteroatoms. The summed E-state index contributed by atoms with van der Waals surface area (Å²) in [5.41, 5.74) is 0. The summed E-state index contributed by atoms with van der Waals surface area (Å²) in [7, 11) is 1.17. The molecule has 0 aromatic carbocycles. The molecule has 0 N–H and O–H groups in total. The predicted octanol–water partition coefficient (Wildman–Crippen LogP) is 15.4. The molecule has 0 spiro atoms. The lowest BCUT2D eigenvalue weighted by Crippen LogP contribution is -2.37. The average molecular weight is 924 g/mol. The Kier molecular flexibility index (Phi) is 45.1. The molecule has 0 aromatic rings. The lowest BCUT2D eigenvalue weighted by atomic mass is 10.0. The van der Waals surface area contributed by atoms with Crippen LogP contribution >= 0.6 is 7.82 Å². The normalized spacial score (nSPS) is 13.7. The molecule has 2 atom stereocenters. The van der Waals surface area contributed by atoms with E-state index in [4.69, 9.17) is 18.5 Å². The topological polar surface area (TPSA) is 111 Å². The number of quaternary nitrogens is 1. The zero-order chi connectivity index (χ0) is 47.1. The number of unbranched alkanes of at least 4 members (excludes halogenated alkanes) is 29. The number of carbonyl (C=O) groups excluding carboxylic acids is 2. The highest BCUT2D eigenvalue weighted by Gasteiger charge is 2.21. The van der Waals surface area contributed by atoms with E-state index < -0.39 is 26.5 Å². The van der Waals surface area contributed by atoms with E-state index in [1.165, 1.54) is 167 Å². The largest absolute Gasteiger partial charge is 0.756 e. The zero-order valence-corrected chi connectivity index (χ0v) is 43.4. The molecule has 64 heavy (non-hydrogen) atoms. The number of nitrogens with zero attached hydrogens (tertiary/aromatic N) is 1. The number of allylic oxidation sites excluding steroid dienone is 6. The Morgan fingerprint density at radius 2 is 0.844 bits per heavy atom. The summed E-state index contributed by atoms with van der Waals surface area (Å²) in [6.07, 6.45) is 54.5. The molecule has 0 aromatic heterocycles. The van der Waals surface area contributed by atoms with Gasteiger partial charge in [-0.1, -0.05) is 198 Å². The van der Waals surface area contributed by atoms with Crippen molar-refractivity contribution >= 4 is 19.8 Å². The second-order valence-corrected chi connectivity index (χ2v) is 20.6. The standard InChI is InChI=1S/C54H102NO8P/c1-6-8-10-12-14-16-18-20-22-24-26-27-29-31-33-35-37-39-41-43-45-47-54(57)63-52(51-62-64(58,59)61-49-48-55(3,4)5)50-60-53(56)46-44-42-40-38-36-34-32-30-28-25-23-21-19-17-15-13-11-9-7-2/h15,17,20-23,52H,6-14,16,18-19,24-51H2,1-5H3/b17-15+,22-20+,23-21+/t52-/m1/s1. The van der Waals surface area contributed by atoms with Gasteiger partial charge in [-0.05, 0) is 70.6 Å². The Morgan fingerprint density at radius 3 is 1.28 bits per heavy atom. The van der Waals surface area contributed by atoms with Gasteiger partial charge < -0.3 is 27.9 Å². The number of ether oxygens (including phenoxy) is 2. The second kappa shape index (κ2) is 46.3. The minimum atomic E-state index is -4.63. The third-order valence-corrected chi connectivity index (χ3v) is 12.6. The average Bonchev–Trinajstić information content (AvgIpc) is 3.25. The van der Waals surface area contributed by atoms with E-state index in [0.717, 1.165) is 44.9 Å². The van der Waals surface area contributed by atoms with Crippen LogP contribution < -0.4 is 4.89 Å². The molecular weight excluding hydrogens is 822 g/mol. The first kappa shape index (κ1) is 62.2. The Labute approximate surface area is 395 Å². The molecule has 0 radical (unpaired) electrons. The van der Waals surface area contributed by atoms with Gasteiger partial charge >= 0.3 is 11.9 Å². The molecule has 0 saturated carbocycles. The van der Waals surface area contributed by atoms with E-state index in [1.54, 1.807) is 0 Å². The Hall–Kier alpha value is -1.77. The van der Waals surface area contributed by atoms with Crippen LogP contribution in [-0.2, 0) is 32.7 Å². The number of esters is 2. The Balaban J connectivity index is 4.22. The molecule has 0 aliphatic rings. The molecule has 376 valence electrons. The highest BCUT2D eigenvalue weighted by molar-refractivity contribution is 7.45. The third kappa shape index (κ3) is 49.7. The monoisotopic (exact) mass is 924 g/mol. The number of phosphoric acid groups is 1. The van der Waals surface area contributed by atoms with Crippen LogP contribution in [0.4, 0.5) is 0 Å². The lowest BCUT2D eigenvalue weighted by Gasteiger charge is -2.28. The summed E-state index contributed by atoms with van der Waals surface area (Å²) in [5, 5.41) is 0. The summed E-state index contributed by atoms with van der Waals surface area (Å²) in [6, 6.07) is 0. The van der Waals surface area contributed by atoms with Crippen LogP contribution in [0.1, 0.15) is 245 Å². The predicted molar refractivity (Wildman–Crippen MR) is 268 cm³/mol. The van der Waals surface area contributed by atoms with Crippen LogP contribution in [0.25, 0.3) is 0 Å². The van der Waals surface area contributed by atoms with Crippen LogP contribution in [0.5, 0.6) is 0 Å². The SMILES string of the molecule is CCCCC/C=C/C/C=C/CCCCCCCCCCCC(=O)OC[C@H](COP(=O)([O-])OCC[N+](C)(C)C)OC(=O)CCCCCCCCCCCCC/C=C/CCCCCCCC. The van der Waals surface area contributed by atoms with Gasteiger partial charge in [-0.25, -0.2) is 0 Å². The Morgan fingerprint density at radius 1 is 0.484 bits per heavy atom. The van der Waals surface area contributed by atoms with Gasteiger partial charge in [0.05, 0.1) is 27.7 Å². The van der Waals surface area contributed by atoms with Crippen molar-refractivity contribution in [2.24, 2.45) is 0 Å². The molecule has 0 aliphatic carbocycles. The van der Waals surface area contributed by atoms with Gasteiger partial charge in [0.15, 0.2) is 6.10 Å². The van der Waals surface area contributed by atoms with Crippen molar-refractivity contribution in [3.05, 3.63) is 36.5 Å². The molecule has 0 fully saturated rings. The molecule has 9 nitrogen and oxygen atoms in total. The lowest BCUT2D eigenvalue weighted by molar-refractivity contribution is -0.870. The van der Waals surface area contributed by atoms with E-state index in [0.29, 0.717) is 17.4 Å². The van der Waals surface area contributed by atoms with Gasteiger partial charge in [0.25, 0.3) is 7.82 Å². The van der Waals surface area contributed by atoms with E-state index >= 15 is 0 Å². The first-order chi connectivity index (χ1) is 31.0. The Bertz CT molecular complexity index is 1180. The first-order valence-corrected chi connectivity index (χ1v) is 28.2. The van der Waals surface area contributed by atoms with Crippen molar-refractivity contribution in [2.75, 3.05) is 47.5 Å². The summed E-state index contributed by atoms with van der Waals surface area (Å²) in [4.78, 5) is 37.8. The fourth-order valence-corrected chi connectivity index (χ4v) is 8.17. The van der Waals surface area contributed by atoms with Gasteiger partial charge in [-0.15, -0.1) is 0 Å². The summed E-state index contributed by atoms with van der Waals surface area (Å²) >= 11 is 0. The van der Waals surface area contributed by atoms with Crippen LogP contribution in [0.3, 0.4) is 0 Å². The summed E-state index contributed by atoms with van der Waals surface area (Å²) in [5.74, 6) is -0.831. The van der Waals surface area contributed by atoms with Crippen LogP contribution in [0.2, 0.25) is 0 Å². The smallest absolute Gasteiger partial charge is 0.306 e.